The van der Waals surface area contributed by atoms with E-state index in [9.17, 15) is 9.18 Å². The van der Waals surface area contributed by atoms with Gasteiger partial charge in [-0.25, -0.2) is 4.39 Å². The second kappa shape index (κ2) is 6.45. The molecular weight excluding hydrogens is 313 g/mol. The number of hydrogen-bond donors (Lipinski definition) is 1. The first-order valence-electron chi connectivity index (χ1n) is 6.22. The average molecular weight is 330 g/mol. The molecule has 1 N–H and O–H groups in total. The van der Waals surface area contributed by atoms with E-state index in [0.29, 0.717) is 12.2 Å². The summed E-state index contributed by atoms with van der Waals surface area (Å²) < 4.78 is 14.5. The van der Waals surface area contributed by atoms with Gasteiger partial charge < -0.3 is 10.2 Å². The molecule has 1 heterocycles. The fraction of sp³-hybridized carbons (Fsp3) is 0.462. The lowest BCUT2D eigenvalue weighted by Crippen LogP contribution is -2.48. The number of piperazine rings is 1. The molecule has 0 unspecified atom stereocenters. The molecule has 1 fully saturated rings. The first-order valence-corrected chi connectivity index (χ1v) is 7.02. The molecule has 0 spiro atoms. The van der Waals surface area contributed by atoms with Crippen LogP contribution in [0.4, 0.5) is 10.1 Å². The van der Waals surface area contributed by atoms with Gasteiger partial charge in [-0.05, 0) is 18.2 Å². The van der Waals surface area contributed by atoms with Crippen LogP contribution < -0.4 is 10.2 Å². The normalized spacial score (nSPS) is 16.4. The van der Waals surface area contributed by atoms with Crippen molar-refractivity contribution < 1.29 is 9.18 Å². The largest absolute Gasteiger partial charge is 0.314 e. The highest BCUT2D eigenvalue weighted by atomic mass is 79.9. The van der Waals surface area contributed by atoms with Crippen LogP contribution in [0.5, 0.6) is 0 Å². The Hall–Kier alpha value is -0.980. The van der Waals surface area contributed by atoms with Crippen LogP contribution in [0.1, 0.15) is 0 Å². The third-order valence-electron chi connectivity index (χ3n) is 3.21. The number of halogens is 2. The molecule has 1 amide bonds. The van der Waals surface area contributed by atoms with Crippen molar-refractivity contribution in [3.63, 3.8) is 0 Å². The Bertz CT molecular complexity index is 463. The highest BCUT2D eigenvalue weighted by Crippen LogP contribution is 2.23. The molecular formula is C13H17BrFN3O. The quantitative estimate of drug-likeness (QED) is 0.911. The van der Waals surface area contributed by atoms with E-state index in [1.165, 1.54) is 11.0 Å². The Labute approximate surface area is 120 Å². The maximum Gasteiger partial charge on any atom is 0.240 e. The van der Waals surface area contributed by atoms with E-state index >= 15 is 0 Å². The van der Waals surface area contributed by atoms with Crippen molar-refractivity contribution in [1.82, 2.24) is 10.2 Å². The zero-order chi connectivity index (χ0) is 13.8. The summed E-state index contributed by atoms with van der Waals surface area (Å²) >= 11 is 3.29. The SMILES string of the molecule is CN(C(=O)CN1CCNCC1)c1cc(Br)ccc1F. The molecule has 1 aromatic carbocycles. The number of benzene rings is 1. The second-order valence-electron chi connectivity index (χ2n) is 4.57. The number of carbonyl (C=O) groups is 1. The highest BCUT2D eigenvalue weighted by molar-refractivity contribution is 9.10. The predicted octanol–water partition coefficient (Wildman–Crippen LogP) is 1.46. The van der Waals surface area contributed by atoms with Crippen LogP contribution in [0.2, 0.25) is 0 Å². The molecule has 1 saturated heterocycles. The van der Waals surface area contributed by atoms with Crippen molar-refractivity contribution in [3.8, 4) is 0 Å². The van der Waals surface area contributed by atoms with Gasteiger partial charge in [0.1, 0.15) is 5.82 Å². The van der Waals surface area contributed by atoms with Crippen molar-refractivity contribution >= 4 is 27.5 Å². The lowest BCUT2D eigenvalue weighted by Gasteiger charge is -2.28. The van der Waals surface area contributed by atoms with Gasteiger partial charge in [0.15, 0.2) is 0 Å². The summed E-state index contributed by atoms with van der Waals surface area (Å²) in [7, 11) is 1.61. The number of rotatable bonds is 3. The van der Waals surface area contributed by atoms with Crippen molar-refractivity contribution in [2.24, 2.45) is 0 Å². The van der Waals surface area contributed by atoms with Gasteiger partial charge in [-0.2, -0.15) is 0 Å². The second-order valence-corrected chi connectivity index (χ2v) is 5.49. The smallest absolute Gasteiger partial charge is 0.240 e. The summed E-state index contributed by atoms with van der Waals surface area (Å²) in [6, 6.07) is 4.59. The van der Waals surface area contributed by atoms with Gasteiger partial charge in [0.05, 0.1) is 12.2 Å². The molecule has 0 atom stereocenters. The minimum atomic E-state index is -0.389. The van der Waals surface area contributed by atoms with Crippen LogP contribution in [-0.2, 0) is 4.79 Å². The summed E-state index contributed by atoms with van der Waals surface area (Å²) in [6.45, 7) is 3.80. The molecule has 0 bridgehead atoms. The average Bonchev–Trinajstić information content (AvgIpc) is 2.42. The lowest BCUT2D eigenvalue weighted by atomic mass is 10.2. The van der Waals surface area contributed by atoms with Crippen LogP contribution in [-0.4, -0.2) is 50.6 Å². The monoisotopic (exact) mass is 329 g/mol. The summed E-state index contributed by atoms with van der Waals surface area (Å²) in [4.78, 5) is 15.6. The van der Waals surface area contributed by atoms with E-state index in [1.807, 2.05) is 0 Å². The topological polar surface area (TPSA) is 35.6 Å². The number of likely N-dealkylation sites (N-methyl/N-ethyl adjacent to an activating group) is 1. The van der Waals surface area contributed by atoms with Gasteiger partial charge in [-0.1, -0.05) is 15.9 Å². The molecule has 1 aliphatic rings. The standard InChI is InChI=1S/C13H17BrFN3O/c1-17(12-8-10(14)2-3-11(12)15)13(19)9-18-6-4-16-5-7-18/h2-3,8,16H,4-7,9H2,1H3. The summed E-state index contributed by atoms with van der Waals surface area (Å²) in [5, 5.41) is 3.23. The maximum absolute atomic E-state index is 13.7. The van der Waals surface area contributed by atoms with Gasteiger partial charge in [-0.15, -0.1) is 0 Å². The number of hydrogen-bond acceptors (Lipinski definition) is 3. The molecule has 1 aromatic rings. The Morgan fingerprint density at radius 2 is 2.16 bits per heavy atom. The van der Waals surface area contributed by atoms with Crippen LogP contribution in [0.15, 0.2) is 22.7 Å². The summed E-state index contributed by atoms with van der Waals surface area (Å²) in [5.74, 6) is -0.488. The Balaban J connectivity index is 2.03. The lowest BCUT2D eigenvalue weighted by molar-refractivity contribution is -0.119. The van der Waals surface area contributed by atoms with Crippen LogP contribution in [0.3, 0.4) is 0 Å². The first-order chi connectivity index (χ1) is 9.08. The minimum Gasteiger partial charge on any atom is -0.314 e. The Kier molecular flexibility index (Phi) is 4.90. The third-order valence-corrected chi connectivity index (χ3v) is 3.71. The Morgan fingerprint density at radius 3 is 2.84 bits per heavy atom. The van der Waals surface area contributed by atoms with Gasteiger partial charge in [0.2, 0.25) is 5.91 Å². The molecule has 6 heteroatoms. The number of nitrogens with zero attached hydrogens (tertiary/aromatic N) is 2. The summed E-state index contributed by atoms with van der Waals surface area (Å²) in [6.07, 6.45) is 0. The highest BCUT2D eigenvalue weighted by Gasteiger charge is 2.19. The van der Waals surface area contributed by atoms with Gasteiger partial charge in [0.25, 0.3) is 0 Å². The Morgan fingerprint density at radius 1 is 1.47 bits per heavy atom. The van der Waals surface area contributed by atoms with E-state index < -0.39 is 0 Å². The zero-order valence-corrected chi connectivity index (χ0v) is 12.4. The number of amides is 1. The molecule has 0 aliphatic carbocycles. The van der Waals surface area contributed by atoms with E-state index in [4.69, 9.17) is 0 Å². The molecule has 1 aliphatic heterocycles. The number of carbonyl (C=O) groups excluding carboxylic acids is 1. The number of nitrogens with one attached hydrogen (secondary N) is 1. The summed E-state index contributed by atoms with van der Waals surface area (Å²) in [5.41, 5.74) is 0.300. The van der Waals surface area contributed by atoms with Crippen molar-refractivity contribution in [2.45, 2.75) is 0 Å². The fourth-order valence-corrected chi connectivity index (χ4v) is 2.39. The van der Waals surface area contributed by atoms with Gasteiger partial charge in [0, 0.05) is 37.7 Å². The molecule has 104 valence electrons. The molecule has 2 rings (SSSR count). The van der Waals surface area contributed by atoms with E-state index in [1.54, 1.807) is 19.2 Å². The zero-order valence-electron chi connectivity index (χ0n) is 10.8. The van der Waals surface area contributed by atoms with Crippen LogP contribution >= 0.6 is 15.9 Å². The molecule has 0 aromatic heterocycles. The van der Waals surface area contributed by atoms with Crippen molar-refractivity contribution in [2.75, 3.05) is 44.7 Å². The number of anilines is 1. The van der Waals surface area contributed by atoms with Crippen LogP contribution in [0, 0.1) is 5.82 Å². The molecule has 0 radical (unpaired) electrons. The van der Waals surface area contributed by atoms with Crippen LogP contribution in [0.25, 0.3) is 0 Å². The molecule has 19 heavy (non-hydrogen) atoms. The van der Waals surface area contributed by atoms with Crippen molar-refractivity contribution in [1.29, 1.82) is 0 Å². The van der Waals surface area contributed by atoms with Gasteiger partial charge in [-0.3, -0.25) is 9.69 Å². The predicted molar refractivity (Wildman–Crippen MR) is 76.8 cm³/mol. The van der Waals surface area contributed by atoms with Gasteiger partial charge >= 0.3 is 0 Å². The minimum absolute atomic E-state index is 0.0982. The van der Waals surface area contributed by atoms with Crippen molar-refractivity contribution in [3.05, 3.63) is 28.5 Å². The van der Waals surface area contributed by atoms with E-state index in [2.05, 4.69) is 26.1 Å². The molecule has 0 saturated carbocycles. The van der Waals surface area contributed by atoms with E-state index in [0.717, 1.165) is 30.7 Å². The molecule has 4 nitrogen and oxygen atoms in total. The third kappa shape index (κ3) is 3.75. The fourth-order valence-electron chi connectivity index (χ4n) is 2.04. The van der Waals surface area contributed by atoms with E-state index in [-0.39, 0.29) is 11.7 Å². The first kappa shape index (κ1) is 14.4. The maximum atomic E-state index is 13.7.